The zero-order valence-electron chi connectivity index (χ0n) is 7.33. The van der Waals surface area contributed by atoms with Crippen LogP contribution in [0.1, 0.15) is 6.42 Å². The van der Waals surface area contributed by atoms with Crippen LogP contribution in [0.3, 0.4) is 0 Å². The van der Waals surface area contributed by atoms with E-state index in [4.69, 9.17) is 10.1 Å². The molecule has 0 spiro atoms. The molecule has 0 heterocycles. The van der Waals surface area contributed by atoms with Crippen LogP contribution in [0.2, 0.25) is 0 Å². The molecule has 14 heavy (non-hydrogen) atoms. The van der Waals surface area contributed by atoms with Crippen LogP contribution in [0, 0.1) is 15.5 Å². The number of hydrogen-bond donors (Lipinski definition) is 1. The third-order valence-corrected chi connectivity index (χ3v) is 2.32. The Morgan fingerprint density at radius 3 is 2.86 bits per heavy atom. The number of ether oxygens (including phenoxy) is 1. The van der Waals surface area contributed by atoms with Crippen molar-refractivity contribution in [1.29, 1.82) is 5.41 Å². The van der Waals surface area contributed by atoms with Crippen molar-refractivity contribution in [2.75, 3.05) is 7.11 Å². The van der Waals surface area contributed by atoms with Crippen LogP contribution >= 0.6 is 15.9 Å². The van der Waals surface area contributed by atoms with Crippen LogP contribution in [-0.2, 0) is 4.74 Å². The fourth-order valence-electron chi connectivity index (χ4n) is 1.11. The lowest BCUT2D eigenvalue weighted by atomic mass is 10.0. The molecule has 0 unspecified atom stereocenters. The molecule has 1 rings (SSSR count). The van der Waals surface area contributed by atoms with Gasteiger partial charge in [0, 0.05) is 6.08 Å². The number of hydrogen-bond acceptors (Lipinski definition) is 4. The summed E-state index contributed by atoms with van der Waals surface area (Å²) in [5.41, 5.74) is 0.390. The average Bonchev–Trinajstić information content (AvgIpc) is 2.16. The van der Waals surface area contributed by atoms with Crippen molar-refractivity contribution < 1.29 is 9.66 Å². The third-order valence-electron chi connectivity index (χ3n) is 1.73. The molecule has 1 N–H and O–H groups in total. The summed E-state index contributed by atoms with van der Waals surface area (Å²) in [6.07, 6.45) is 1.44. The molecule has 0 aromatic carbocycles. The summed E-state index contributed by atoms with van der Waals surface area (Å²) in [7, 11) is 1.44. The van der Waals surface area contributed by atoms with Gasteiger partial charge in [0.1, 0.15) is 5.76 Å². The Kier molecular flexibility index (Phi) is 3.22. The first-order valence-electron chi connectivity index (χ1n) is 3.67. The van der Waals surface area contributed by atoms with Gasteiger partial charge in [-0.1, -0.05) is 0 Å². The normalized spacial score (nSPS) is 16.1. The first-order valence-corrected chi connectivity index (χ1v) is 4.47. The highest BCUT2D eigenvalue weighted by Gasteiger charge is 2.24. The smallest absolute Gasteiger partial charge is 0.252 e. The molecular formula is C8H7BrN2O3. The van der Waals surface area contributed by atoms with Gasteiger partial charge in [-0.2, -0.15) is 0 Å². The summed E-state index contributed by atoms with van der Waals surface area (Å²) < 4.78 is 5.45. The highest BCUT2D eigenvalue weighted by atomic mass is 79.9. The van der Waals surface area contributed by atoms with E-state index in [-0.39, 0.29) is 12.1 Å². The van der Waals surface area contributed by atoms with Crippen LogP contribution < -0.4 is 0 Å². The van der Waals surface area contributed by atoms with Crippen LogP contribution in [-0.4, -0.2) is 17.9 Å². The molecular weight excluding hydrogens is 252 g/mol. The van der Waals surface area contributed by atoms with Crippen LogP contribution in [0.25, 0.3) is 0 Å². The third kappa shape index (κ3) is 1.92. The van der Waals surface area contributed by atoms with E-state index in [1.807, 2.05) is 0 Å². The van der Waals surface area contributed by atoms with Gasteiger partial charge in [0.25, 0.3) is 5.70 Å². The summed E-state index contributed by atoms with van der Waals surface area (Å²) in [5.74, 6) is 2.55. The van der Waals surface area contributed by atoms with Gasteiger partial charge in [0.15, 0.2) is 0 Å². The highest BCUT2D eigenvalue weighted by molar-refractivity contribution is 9.11. The summed E-state index contributed by atoms with van der Waals surface area (Å²) in [6, 6.07) is 0. The Hall–Kier alpha value is -1.39. The second-order valence-corrected chi connectivity index (χ2v) is 3.41. The number of nitrogens with zero attached hydrogens (tertiary/aromatic N) is 1. The lowest BCUT2D eigenvalue weighted by molar-refractivity contribution is -0.427. The van der Waals surface area contributed by atoms with Crippen molar-refractivity contribution in [1.82, 2.24) is 0 Å². The topological polar surface area (TPSA) is 76.2 Å². The van der Waals surface area contributed by atoms with Crippen molar-refractivity contribution in [3.8, 4) is 0 Å². The molecule has 0 aromatic heterocycles. The van der Waals surface area contributed by atoms with Crippen LogP contribution in [0.15, 0.2) is 27.6 Å². The molecule has 1 aliphatic carbocycles. The zero-order chi connectivity index (χ0) is 10.7. The van der Waals surface area contributed by atoms with E-state index in [0.29, 0.717) is 15.8 Å². The van der Waals surface area contributed by atoms with Gasteiger partial charge in [-0.3, -0.25) is 15.5 Å². The van der Waals surface area contributed by atoms with E-state index in [9.17, 15) is 10.1 Å². The molecule has 0 aliphatic heterocycles. The maximum absolute atomic E-state index is 10.5. The number of allylic oxidation sites excluding steroid dienone is 4. The lowest BCUT2D eigenvalue weighted by Crippen LogP contribution is -2.08. The van der Waals surface area contributed by atoms with Crippen molar-refractivity contribution in [3.63, 3.8) is 0 Å². The second-order valence-electron chi connectivity index (χ2n) is 2.55. The first-order chi connectivity index (χ1) is 6.60. The van der Waals surface area contributed by atoms with Crippen LogP contribution in [0.4, 0.5) is 0 Å². The minimum Gasteiger partial charge on any atom is -0.495 e. The van der Waals surface area contributed by atoms with Gasteiger partial charge in [0.05, 0.1) is 28.5 Å². The van der Waals surface area contributed by atoms with E-state index in [1.54, 1.807) is 0 Å². The molecule has 0 aromatic rings. The molecule has 0 atom stereocenters. The predicted molar refractivity (Wildman–Crippen MR) is 53.9 cm³/mol. The second kappa shape index (κ2) is 4.21. The van der Waals surface area contributed by atoms with E-state index in [2.05, 4.69) is 21.8 Å². The molecule has 0 radical (unpaired) electrons. The Labute approximate surface area is 88.5 Å². The molecule has 0 saturated carbocycles. The molecule has 0 fully saturated rings. The van der Waals surface area contributed by atoms with E-state index >= 15 is 0 Å². The number of halogens is 1. The molecule has 0 saturated heterocycles. The molecule has 1 aliphatic rings. The van der Waals surface area contributed by atoms with Crippen molar-refractivity contribution in [3.05, 3.63) is 37.7 Å². The maximum atomic E-state index is 10.5. The fraction of sp³-hybridized carbons (Fsp3) is 0.250. The lowest BCUT2D eigenvalue weighted by Gasteiger charge is -2.12. The molecule has 5 nitrogen and oxygen atoms in total. The Morgan fingerprint density at radius 1 is 1.79 bits per heavy atom. The van der Waals surface area contributed by atoms with E-state index < -0.39 is 4.92 Å². The summed E-state index contributed by atoms with van der Waals surface area (Å²) in [5, 5.41) is 17.5. The minimum atomic E-state index is -0.481. The first kappa shape index (κ1) is 10.7. The summed E-state index contributed by atoms with van der Waals surface area (Å²) in [6.45, 7) is 0. The molecule has 0 amide bonds. The largest absolute Gasteiger partial charge is 0.495 e. The maximum Gasteiger partial charge on any atom is 0.252 e. The Balaban J connectivity index is 3.21. The highest BCUT2D eigenvalue weighted by Crippen LogP contribution is 2.31. The van der Waals surface area contributed by atoms with Gasteiger partial charge in [-0.15, -0.1) is 0 Å². The van der Waals surface area contributed by atoms with Crippen molar-refractivity contribution in [2.24, 2.45) is 0 Å². The average molecular weight is 259 g/mol. The number of rotatable bonds is 2. The quantitative estimate of drug-likeness (QED) is 0.468. The Bertz CT molecular complexity index is 391. The number of nitro groups is 1. The molecule has 0 bridgehead atoms. The molecule has 74 valence electrons. The SMILES string of the molecule is COC1=C(Br)C=C([N+](=O)[O-])CC1=C=N. The minimum absolute atomic E-state index is 0.0208. The zero-order valence-corrected chi connectivity index (χ0v) is 8.92. The van der Waals surface area contributed by atoms with Crippen molar-refractivity contribution >= 4 is 21.8 Å². The number of methoxy groups -OCH3 is 1. The Morgan fingerprint density at radius 2 is 2.43 bits per heavy atom. The summed E-state index contributed by atoms with van der Waals surface area (Å²) >= 11 is 3.13. The fourth-order valence-corrected chi connectivity index (χ4v) is 1.77. The number of nitrogens with one attached hydrogen (secondary N) is 1. The van der Waals surface area contributed by atoms with E-state index in [0.717, 1.165) is 0 Å². The van der Waals surface area contributed by atoms with Gasteiger partial charge in [-0.25, -0.2) is 0 Å². The van der Waals surface area contributed by atoms with Gasteiger partial charge >= 0.3 is 0 Å². The van der Waals surface area contributed by atoms with Crippen LogP contribution in [0.5, 0.6) is 0 Å². The summed E-state index contributed by atoms with van der Waals surface area (Å²) in [4.78, 5) is 10.0. The van der Waals surface area contributed by atoms with Gasteiger partial charge in [-0.05, 0) is 21.8 Å². The van der Waals surface area contributed by atoms with Crippen molar-refractivity contribution in [2.45, 2.75) is 6.42 Å². The van der Waals surface area contributed by atoms with E-state index in [1.165, 1.54) is 13.2 Å². The molecule has 6 heteroatoms. The predicted octanol–water partition coefficient (Wildman–Crippen LogP) is 1.98. The van der Waals surface area contributed by atoms with Gasteiger partial charge in [0.2, 0.25) is 0 Å². The monoisotopic (exact) mass is 258 g/mol. The van der Waals surface area contributed by atoms with Gasteiger partial charge < -0.3 is 4.74 Å². The standard InChI is InChI=1S/C8H7BrN2O3/c1-14-8-5(4-10)2-6(11(12)13)3-7(8)9/h3,10H,2H2,1H3.